The first-order valence-electron chi connectivity index (χ1n) is 6.03. The van der Waals surface area contributed by atoms with Crippen molar-refractivity contribution >= 4 is 5.97 Å². The highest BCUT2D eigenvalue weighted by Crippen LogP contribution is 2.23. The number of halogens is 1. The van der Waals surface area contributed by atoms with Crippen molar-refractivity contribution in [3.8, 4) is 0 Å². The maximum Gasteiger partial charge on any atom is 0.306 e. The summed E-state index contributed by atoms with van der Waals surface area (Å²) in [5, 5.41) is 19.1. The molecule has 4 heteroatoms. The molecular formula is C14H19FO3. The fraction of sp³-hybridized carbons (Fsp3) is 0.500. The Kier molecular flexibility index (Phi) is 4.84. The zero-order chi connectivity index (χ0) is 13.8. The molecule has 1 aromatic carbocycles. The van der Waals surface area contributed by atoms with Gasteiger partial charge in [0.05, 0.1) is 11.5 Å². The molecule has 0 saturated heterocycles. The van der Waals surface area contributed by atoms with Crippen LogP contribution in [0.1, 0.15) is 32.3 Å². The summed E-state index contributed by atoms with van der Waals surface area (Å²) in [6.45, 7) is 3.43. The van der Waals surface area contributed by atoms with E-state index in [1.54, 1.807) is 26.0 Å². The number of aliphatic carboxylic acids is 1. The van der Waals surface area contributed by atoms with Crippen LogP contribution >= 0.6 is 0 Å². The lowest BCUT2D eigenvalue weighted by molar-refractivity contribution is -0.144. The Labute approximate surface area is 106 Å². The molecule has 0 bridgehead atoms. The van der Waals surface area contributed by atoms with Gasteiger partial charge in [-0.05, 0) is 43.9 Å². The Hall–Kier alpha value is -1.42. The molecule has 2 unspecified atom stereocenters. The number of carboxylic acid groups (broad SMARTS) is 1. The molecule has 0 spiro atoms. The van der Waals surface area contributed by atoms with Crippen molar-refractivity contribution in [2.45, 2.75) is 38.7 Å². The topological polar surface area (TPSA) is 57.5 Å². The van der Waals surface area contributed by atoms with E-state index in [2.05, 4.69) is 0 Å². The molecule has 18 heavy (non-hydrogen) atoms. The van der Waals surface area contributed by atoms with E-state index >= 15 is 0 Å². The molecule has 0 saturated carbocycles. The van der Waals surface area contributed by atoms with Crippen LogP contribution in [0, 0.1) is 11.7 Å². The molecule has 3 nitrogen and oxygen atoms in total. The summed E-state index contributed by atoms with van der Waals surface area (Å²) >= 11 is 0. The third kappa shape index (κ3) is 4.45. The van der Waals surface area contributed by atoms with Gasteiger partial charge in [-0.2, -0.15) is 0 Å². The molecule has 0 aliphatic heterocycles. The van der Waals surface area contributed by atoms with Gasteiger partial charge in [-0.1, -0.05) is 19.1 Å². The third-order valence-electron chi connectivity index (χ3n) is 3.17. The lowest BCUT2D eigenvalue weighted by Crippen LogP contribution is -2.31. The second-order valence-corrected chi connectivity index (χ2v) is 4.92. The van der Waals surface area contributed by atoms with Gasteiger partial charge in [-0.15, -0.1) is 0 Å². The Morgan fingerprint density at radius 3 is 2.67 bits per heavy atom. The van der Waals surface area contributed by atoms with Crippen LogP contribution in [0.25, 0.3) is 0 Å². The fourth-order valence-corrected chi connectivity index (χ4v) is 1.87. The van der Waals surface area contributed by atoms with Gasteiger partial charge in [0.2, 0.25) is 0 Å². The first-order chi connectivity index (χ1) is 8.34. The third-order valence-corrected chi connectivity index (χ3v) is 3.17. The minimum Gasteiger partial charge on any atom is -0.481 e. The highest BCUT2D eigenvalue weighted by atomic mass is 19.1. The first kappa shape index (κ1) is 14.6. The van der Waals surface area contributed by atoms with Crippen LogP contribution in [0.3, 0.4) is 0 Å². The number of rotatable bonds is 6. The number of aliphatic hydroxyl groups is 1. The van der Waals surface area contributed by atoms with Crippen molar-refractivity contribution in [3.05, 3.63) is 35.6 Å². The highest BCUT2D eigenvalue weighted by molar-refractivity contribution is 5.70. The van der Waals surface area contributed by atoms with E-state index in [0.717, 1.165) is 0 Å². The van der Waals surface area contributed by atoms with E-state index in [0.29, 0.717) is 12.0 Å². The molecule has 1 aromatic rings. The molecule has 0 heterocycles. The van der Waals surface area contributed by atoms with E-state index in [1.165, 1.54) is 12.1 Å². The molecule has 100 valence electrons. The molecule has 0 amide bonds. The summed E-state index contributed by atoms with van der Waals surface area (Å²) in [4.78, 5) is 11.2. The second-order valence-electron chi connectivity index (χ2n) is 4.92. The van der Waals surface area contributed by atoms with Crippen molar-refractivity contribution in [1.29, 1.82) is 0 Å². The van der Waals surface area contributed by atoms with Crippen LogP contribution in [0.5, 0.6) is 0 Å². The Bertz CT molecular complexity index is 415. The van der Waals surface area contributed by atoms with Crippen molar-refractivity contribution in [2.24, 2.45) is 5.92 Å². The van der Waals surface area contributed by atoms with Crippen molar-refractivity contribution in [1.82, 2.24) is 0 Å². The van der Waals surface area contributed by atoms with E-state index in [4.69, 9.17) is 5.11 Å². The minimum absolute atomic E-state index is 0.162. The molecule has 2 atom stereocenters. The number of hydrogen-bond donors (Lipinski definition) is 2. The van der Waals surface area contributed by atoms with E-state index < -0.39 is 17.5 Å². The SMILES string of the molecule is CCC(C)(O)CC(Cc1cccc(F)c1)C(=O)O. The van der Waals surface area contributed by atoms with Gasteiger partial charge in [0.25, 0.3) is 0 Å². The molecule has 0 aliphatic carbocycles. The largest absolute Gasteiger partial charge is 0.481 e. The standard InChI is InChI=1S/C14H19FO3/c1-3-14(2,18)9-11(13(16)17)7-10-5-4-6-12(15)8-10/h4-6,8,11,18H,3,7,9H2,1-2H3,(H,16,17). The van der Waals surface area contributed by atoms with Crippen molar-refractivity contribution in [3.63, 3.8) is 0 Å². The lowest BCUT2D eigenvalue weighted by Gasteiger charge is -2.25. The van der Waals surface area contributed by atoms with E-state index in [1.807, 2.05) is 0 Å². The predicted octanol–water partition coefficient (Wildman–Crippen LogP) is 2.62. The van der Waals surface area contributed by atoms with E-state index in [-0.39, 0.29) is 18.7 Å². The number of carboxylic acids is 1. The second kappa shape index (κ2) is 5.96. The van der Waals surface area contributed by atoms with Crippen molar-refractivity contribution < 1.29 is 19.4 Å². The predicted molar refractivity (Wildman–Crippen MR) is 66.8 cm³/mol. The average Bonchev–Trinajstić information content (AvgIpc) is 2.28. The van der Waals surface area contributed by atoms with Gasteiger partial charge in [-0.25, -0.2) is 4.39 Å². The van der Waals surface area contributed by atoms with Crippen LogP contribution in [-0.4, -0.2) is 21.8 Å². The van der Waals surface area contributed by atoms with Gasteiger partial charge in [0, 0.05) is 0 Å². The Morgan fingerprint density at radius 2 is 2.17 bits per heavy atom. The Morgan fingerprint density at radius 1 is 1.50 bits per heavy atom. The first-order valence-corrected chi connectivity index (χ1v) is 6.03. The fourth-order valence-electron chi connectivity index (χ4n) is 1.87. The summed E-state index contributed by atoms with van der Waals surface area (Å²) in [5.74, 6) is -2.05. The zero-order valence-corrected chi connectivity index (χ0v) is 10.7. The van der Waals surface area contributed by atoms with Crippen LogP contribution in [0.2, 0.25) is 0 Å². The summed E-state index contributed by atoms with van der Waals surface area (Å²) < 4.78 is 13.0. The molecule has 0 aromatic heterocycles. The van der Waals surface area contributed by atoms with Crippen LogP contribution < -0.4 is 0 Å². The van der Waals surface area contributed by atoms with Crippen LogP contribution in [0.15, 0.2) is 24.3 Å². The maximum absolute atomic E-state index is 13.0. The molecule has 1 rings (SSSR count). The van der Waals surface area contributed by atoms with Crippen molar-refractivity contribution in [2.75, 3.05) is 0 Å². The van der Waals surface area contributed by atoms with Gasteiger partial charge >= 0.3 is 5.97 Å². The molecule has 0 fully saturated rings. The van der Waals surface area contributed by atoms with E-state index in [9.17, 15) is 14.3 Å². The molecule has 0 aliphatic rings. The van der Waals surface area contributed by atoms with Crippen LogP contribution in [0.4, 0.5) is 4.39 Å². The smallest absolute Gasteiger partial charge is 0.306 e. The summed E-state index contributed by atoms with van der Waals surface area (Å²) in [5.41, 5.74) is -0.370. The van der Waals surface area contributed by atoms with Gasteiger partial charge in [0.15, 0.2) is 0 Å². The monoisotopic (exact) mass is 254 g/mol. The van der Waals surface area contributed by atoms with Gasteiger partial charge in [0.1, 0.15) is 5.82 Å². The van der Waals surface area contributed by atoms with Crippen LogP contribution in [-0.2, 0) is 11.2 Å². The summed E-state index contributed by atoms with van der Waals surface area (Å²) in [6, 6.07) is 5.90. The lowest BCUT2D eigenvalue weighted by atomic mass is 9.86. The van der Waals surface area contributed by atoms with Gasteiger partial charge < -0.3 is 10.2 Å². The summed E-state index contributed by atoms with van der Waals surface area (Å²) in [7, 11) is 0. The Balaban J connectivity index is 2.78. The quantitative estimate of drug-likeness (QED) is 0.820. The van der Waals surface area contributed by atoms with Gasteiger partial charge in [-0.3, -0.25) is 4.79 Å². The molecular weight excluding hydrogens is 235 g/mol. The minimum atomic E-state index is -1.00. The maximum atomic E-state index is 13.0. The number of benzene rings is 1. The average molecular weight is 254 g/mol. The molecule has 2 N–H and O–H groups in total. The zero-order valence-electron chi connectivity index (χ0n) is 10.7. The number of hydrogen-bond acceptors (Lipinski definition) is 2. The summed E-state index contributed by atoms with van der Waals surface area (Å²) in [6.07, 6.45) is 0.874. The molecule has 0 radical (unpaired) electrons. The number of carbonyl (C=O) groups is 1. The highest BCUT2D eigenvalue weighted by Gasteiger charge is 2.28. The normalized spacial score (nSPS) is 16.0.